The van der Waals surface area contributed by atoms with Crippen molar-refractivity contribution in [3.05, 3.63) is 29.6 Å². The van der Waals surface area contributed by atoms with Crippen LogP contribution in [0.15, 0.2) is 12.1 Å². The van der Waals surface area contributed by atoms with Crippen LogP contribution in [-0.4, -0.2) is 34.8 Å². The summed E-state index contributed by atoms with van der Waals surface area (Å²) in [6.45, 7) is 0.0397. The number of carbonyl (C=O) groups excluding carboxylic acids is 1. The number of amides is 2. The minimum atomic E-state index is -1.59. The third-order valence-electron chi connectivity index (χ3n) is 2.90. The number of urea groups is 1. The fourth-order valence-electron chi connectivity index (χ4n) is 1.78. The Bertz CT molecular complexity index is 498. The molecule has 1 heterocycles. The minimum Gasteiger partial charge on any atom is -0.387 e. The minimum absolute atomic E-state index is 0.0397. The van der Waals surface area contributed by atoms with Gasteiger partial charge in [0.15, 0.2) is 17.5 Å². The molecule has 4 nitrogen and oxygen atoms in total. The Hall–Kier alpha value is -1.41. The second kappa shape index (κ2) is 5.92. The summed E-state index contributed by atoms with van der Waals surface area (Å²) in [6.07, 6.45) is 0.567. The van der Waals surface area contributed by atoms with Gasteiger partial charge in [-0.1, -0.05) is 0 Å². The van der Waals surface area contributed by atoms with Gasteiger partial charge < -0.3 is 15.7 Å². The van der Waals surface area contributed by atoms with Crippen molar-refractivity contribution >= 4 is 23.5 Å². The molecule has 0 bridgehead atoms. The number of hydrogen-bond acceptors (Lipinski definition) is 3. The quantitative estimate of drug-likeness (QED) is 0.749. The van der Waals surface area contributed by atoms with E-state index >= 15 is 0 Å². The lowest BCUT2D eigenvalue weighted by molar-refractivity contribution is 0.0706. The SMILES string of the molecule is O=C(NCC1(O)CCSC1)Nc1cc(F)c(F)c(F)c1. The first-order valence-corrected chi connectivity index (χ1v) is 7.05. The zero-order chi connectivity index (χ0) is 14.8. The van der Waals surface area contributed by atoms with Gasteiger partial charge in [0.25, 0.3) is 0 Å². The first-order valence-electron chi connectivity index (χ1n) is 5.89. The van der Waals surface area contributed by atoms with Crippen LogP contribution in [0.3, 0.4) is 0 Å². The Kier molecular flexibility index (Phi) is 4.44. The molecule has 3 N–H and O–H groups in total. The van der Waals surface area contributed by atoms with Crippen LogP contribution in [-0.2, 0) is 0 Å². The number of rotatable bonds is 3. The van der Waals surface area contributed by atoms with Gasteiger partial charge in [0, 0.05) is 30.1 Å². The van der Waals surface area contributed by atoms with Crippen molar-refractivity contribution in [1.82, 2.24) is 5.32 Å². The predicted molar refractivity (Wildman–Crippen MR) is 70.2 cm³/mol. The lowest BCUT2D eigenvalue weighted by Crippen LogP contribution is -2.44. The molecule has 1 aromatic carbocycles. The monoisotopic (exact) mass is 306 g/mol. The fraction of sp³-hybridized carbons (Fsp3) is 0.417. The molecule has 1 aromatic rings. The highest BCUT2D eigenvalue weighted by Gasteiger charge is 2.31. The van der Waals surface area contributed by atoms with Gasteiger partial charge in [-0.3, -0.25) is 0 Å². The summed E-state index contributed by atoms with van der Waals surface area (Å²) < 4.78 is 38.6. The van der Waals surface area contributed by atoms with Crippen molar-refractivity contribution in [1.29, 1.82) is 0 Å². The molecule has 110 valence electrons. The highest BCUT2D eigenvalue weighted by atomic mass is 32.2. The van der Waals surface area contributed by atoms with Gasteiger partial charge in [0.2, 0.25) is 0 Å². The molecule has 1 unspecified atom stereocenters. The number of thioether (sulfide) groups is 1. The Morgan fingerprint density at radius 2 is 2.00 bits per heavy atom. The van der Waals surface area contributed by atoms with E-state index in [1.807, 2.05) is 0 Å². The summed E-state index contributed by atoms with van der Waals surface area (Å²) in [7, 11) is 0. The van der Waals surface area contributed by atoms with E-state index in [0.717, 1.165) is 5.75 Å². The molecule has 0 aliphatic carbocycles. The topological polar surface area (TPSA) is 61.4 Å². The van der Waals surface area contributed by atoms with Gasteiger partial charge in [-0.15, -0.1) is 0 Å². The fourth-order valence-corrected chi connectivity index (χ4v) is 3.08. The van der Waals surface area contributed by atoms with Crippen molar-refractivity contribution in [3.63, 3.8) is 0 Å². The van der Waals surface area contributed by atoms with Crippen molar-refractivity contribution in [3.8, 4) is 0 Å². The Morgan fingerprint density at radius 1 is 1.35 bits per heavy atom. The summed E-state index contributed by atoms with van der Waals surface area (Å²) in [6, 6.07) is 0.636. The van der Waals surface area contributed by atoms with Gasteiger partial charge in [-0.2, -0.15) is 11.8 Å². The van der Waals surface area contributed by atoms with Crippen LogP contribution in [0.4, 0.5) is 23.7 Å². The average molecular weight is 306 g/mol. The van der Waals surface area contributed by atoms with Crippen molar-refractivity contribution < 1.29 is 23.1 Å². The molecule has 8 heteroatoms. The summed E-state index contributed by atoms with van der Waals surface area (Å²) >= 11 is 1.58. The maximum atomic E-state index is 13.0. The lowest BCUT2D eigenvalue weighted by atomic mass is 10.0. The Balaban J connectivity index is 1.91. The van der Waals surface area contributed by atoms with Gasteiger partial charge in [0.1, 0.15) is 0 Å². The summed E-state index contributed by atoms with van der Waals surface area (Å²) in [5, 5.41) is 14.6. The van der Waals surface area contributed by atoms with Crippen LogP contribution in [0.5, 0.6) is 0 Å². The molecule has 2 rings (SSSR count). The van der Waals surface area contributed by atoms with Crippen LogP contribution in [0.1, 0.15) is 6.42 Å². The molecule has 1 fully saturated rings. The van der Waals surface area contributed by atoms with Gasteiger partial charge >= 0.3 is 6.03 Å². The van der Waals surface area contributed by atoms with Gasteiger partial charge in [-0.25, -0.2) is 18.0 Å². The molecular formula is C12H13F3N2O2S. The largest absolute Gasteiger partial charge is 0.387 e. The van der Waals surface area contributed by atoms with Crippen LogP contribution in [0, 0.1) is 17.5 Å². The second-order valence-electron chi connectivity index (χ2n) is 4.59. The standard InChI is InChI=1S/C12H13F3N2O2S/c13-8-3-7(4-9(14)10(8)15)17-11(18)16-5-12(19)1-2-20-6-12/h3-4,19H,1-2,5-6H2,(H2,16,17,18). The van der Waals surface area contributed by atoms with E-state index in [0.29, 0.717) is 24.3 Å². The van der Waals surface area contributed by atoms with Crippen LogP contribution < -0.4 is 10.6 Å². The first-order chi connectivity index (χ1) is 9.39. The maximum absolute atomic E-state index is 13.0. The molecule has 1 atom stereocenters. The molecule has 0 saturated carbocycles. The first kappa shape index (κ1) is 15.0. The zero-order valence-electron chi connectivity index (χ0n) is 10.4. The Labute approximate surface area is 117 Å². The zero-order valence-corrected chi connectivity index (χ0v) is 11.2. The average Bonchev–Trinajstić information content (AvgIpc) is 2.81. The van der Waals surface area contributed by atoms with Gasteiger partial charge in [-0.05, 0) is 12.2 Å². The molecule has 1 saturated heterocycles. The normalized spacial score (nSPS) is 21.8. The highest BCUT2D eigenvalue weighted by molar-refractivity contribution is 7.99. The molecule has 0 spiro atoms. The van der Waals surface area contributed by atoms with E-state index in [1.54, 1.807) is 11.8 Å². The van der Waals surface area contributed by atoms with E-state index in [-0.39, 0.29) is 12.2 Å². The number of anilines is 1. The van der Waals surface area contributed by atoms with Crippen LogP contribution in [0.2, 0.25) is 0 Å². The van der Waals surface area contributed by atoms with E-state index in [4.69, 9.17) is 0 Å². The molecule has 1 aliphatic heterocycles. The third kappa shape index (κ3) is 3.57. The number of nitrogens with one attached hydrogen (secondary N) is 2. The second-order valence-corrected chi connectivity index (χ2v) is 5.69. The van der Waals surface area contributed by atoms with E-state index in [2.05, 4.69) is 10.6 Å². The van der Waals surface area contributed by atoms with E-state index < -0.39 is 29.1 Å². The number of benzene rings is 1. The molecule has 0 aromatic heterocycles. The van der Waals surface area contributed by atoms with E-state index in [1.165, 1.54) is 0 Å². The molecular weight excluding hydrogens is 293 g/mol. The number of carbonyl (C=O) groups is 1. The Morgan fingerprint density at radius 3 is 2.55 bits per heavy atom. The lowest BCUT2D eigenvalue weighted by Gasteiger charge is -2.21. The number of halogens is 3. The number of aliphatic hydroxyl groups is 1. The molecule has 20 heavy (non-hydrogen) atoms. The summed E-state index contributed by atoms with van der Waals surface area (Å²) in [5.74, 6) is -3.02. The van der Waals surface area contributed by atoms with Crippen LogP contribution in [0.25, 0.3) is 0 Å². The van der Waals surface area contributed by atoms with Crippen molar-refractivity contribution in [2.75, 3.05) is 23.4 Å². The third-order valence-corrected chi connectivity index (χ3v) is 4.14. The molecule has 1 aliphatic rings. The summed E-state index contributed by atoms with van der Waals surface area (Å²) in [5.41, 5.74) is -1.16. The van der Waals surface area contributed by atoms with Gasteiger partial charge in [0.05, 0.1) is 5.60 Å². The summed E-state index contributed by atoms with van der Waals surface area (Å²) in [4.78, 5) is 11.5. The van der Waals surface area contributed by atoms with E-state index in [9.17, 15) is 23.1 Å². The number of hydrogen-bond donors (Lipinski definition) is 3. The maximum Gasteiger partial charge on any atom is 0.319 e. The molecule has 2 amide bonds. The van der Waals surface area contributed by atoms with Crippen LogP contribution >= 0.6 is 11.8 Å². The smallest absolute Gasteiger partial charge is 0.319 e. The van der Waals surface area contributed by atoms with Crippen molar-refractivity contribution in [2.24, 2.45) is 0 Å². The molecule has 0 radical (unpaired) electrons. The van der Waals surface area contributed by atoms with Crippen molar-refractivity contribution in [2.45, 2.75) is 12.0 Å². The highest BCUT2D eigenvalue weighted by Crippen LogP contribution is 2.27. The predicted octanol–water partition coefficient (Wildman–Crippen LogP) is 2.09.